The minimum Gasteiger partial charge on any atom is -0.493 e. The van der Waals surface area contributed by atoms with Crippen LogP contribution in [0.15, 0.2) is 88.9 Å². The first-order valence-corrected chi connectivity index (χ1v) is 10.6. The Morgan fingerprint density at radius 3 is 2.45 bits per heavy atom. The monoisotopic (exact) mass is 473 g/mol. The van der Waals surface area contributed by atoms with Crippen molar-refractivity contribution in [3.63, 3.8) is 0 Å². The topological polar surface area (TPSA) is 69.3 Å². The van der Waals surface area contributed by atoms with Gasteiger partial charge < -0.3 is 9.84 Å². The summed E-state index contributed by atoms with van der Waals surface area (Å²) < 4.78 is 45.8. The minimum absolute atomic E-state index is 0.0183. The summed E-state index contributed by atoms with van der Waals surface area (Å²) in [5, 5.41) is 10.3. The predicted octanol–water partition coefficient (Wildman–Crippen LogP) is 4.98. The Kier molecular flexibility index (Phi) is 6.45. The van der Waals surface area contributed by atoms with Crippen molar-refractivity contribution in [1.29, 1.82) is 0 Å². The number of halogens is 3. The largest absolute Gasteiger partial charge is 0.493 e. The van der Waals surface area contributed by atoms with Crippen molar-refractivity contribution in [3.05, 3.63) is 101 Å². The van der Waals surface area contributed by atoms with Gasteiger partial charge in [-0.3, -0.25) is 9.55 Å². The Hall–Kier alpha value is -3.66. The Labute approximate surface area is 190 Å². The second-order valence-electron chi connectivity index (χ2n) is 7.03. The molecule has 0 saturated carbocycles. The number of alkyl halides is 3. The molecule has 1 N–H and O–H groups in total. The van der Waals surface area contributed by atoms with Gasteiger partial charge >= 0.3 is 11.2 Å². The van der Waals surface area contributed by atoms with Crippen LogP contribution in [-0.4, -0.2) is 24.7 Å². The quantitative estimate of drug-likeness (QED) is 0.384. The molecule has 4 rings (SSSR count). The second kappa shape index (κ2) is 9.45. The van der Waals surface area contributed by atoms with Crippen molar-refractivity contribution in [3.8, 4) is 17.3 Å². The molecule has 0 radical (unpaired) electrons. The lowest BCUT2D eigenvalue weighted by molar-refractivity contribution is -0.0328. The maximum atomic E-state index is 12.9. The zero-order valence-electron chi connectivity index (χ0n) is 17.1. The average Bonchev–Trinajstić information content (AvgIpc) is 3.06. The van der Waals surface area contributed by atoms with Gasteiger partial charge in [0.05, 0.1) is 24.6 Å². The molecule has 0 amide bonds. The first kappa shape index (κ1) is 22.5. The number of rotatable bonds is 7. The normalized spacial score (nSPS) is 11.5. The van der Waals surface area contributed by atoms with E-state index in [1.807, 2.05) is 30.3 Å². The van der Waals surface area contributed by atoms with Crippen LogP contribution in [0.3, 0.4) is 0 Å². The van der Waals surface area contributed by atoms with E-state index in [0.717, 1.165) is 10.1 Å². The number of benzene rings is 2. The molecule has 2 heterocycles. The van der Waals surface area contributed by atoms with E-state index in [1.54, 1.807) is 18.5 Å². The van der Waals surface area contributed by atoms with E-state index in [1.165, 1.54) is 35.0 Å². The van der Waals surface area contributed by atoms with Crippen LogP contribution >= 0.6 is 11.8 Å². The molecule has 0 unspecified atom stereocenters. The van der Waals surface area contributed by atoms with Gasteiger partial charge in [-0.25, -0.2) is 9.36 Å². The summed E-state index contributed by atoms with van der Waals surface area (Å²) in [7, 11) is 0. The van der Waals surface area contributed by atoms with E-state index in [4.69, 9.17) is 4.74 Å². The molecule has 0 aliphatic carbocycles. The van der Waals surface area contributed by atoms with E-state index in [2.05, 4.69) is 4.98 Å². The highest BCUT2D eigenvalue weighted by molar-refractivity contribution is 8.00. The van der Waals surface area contributed by atoms with E-state index >= 15 is 0 Å². The van der Waals surface area contributed by atoms with E-state index in [9.17, 15) is 23.1 Å². The average molecular weight is 473 g/mol. The summed E-state index contributed by atoms with van der Waals surface area (Å²) in [5.74, 6) is 0.158. The molecule has 2 aromatic carbocycles. The molecule has 0 atom stereocenters. The van der Waals surface area contributed by atoms with Gasteiger partial charge in [-0.15, -0.1) is 0 Å². The first-order valence-electron chi connectivity index (χ1n) is 9.77. The molecule has 0 spiro atoms. The molecule has 0 saturated heterocycles. The number of hydrogen-bond acceptors (Lipinski definition) is 5. The predicted molar refractivity (Wildman–Crippen MR) is 118 cm³/mol. The first-order chi connectivity index (χ1) is 15.8. The number of aromatic hydroxyl groups is 1. The highest BCUT2D eigenvalue weighted by atomic mass is 32.2. The Balaban J connectivity index is 1.55. The van der Waals surface area contributed by atoms with Crippen molar-refractivity contribution >= 4 is 11.8 Å². The fourth-order valence-electron chi connectivity index (χ4n) is 3.22. The molecule has 170 valence electrons. The standard InChI is InChI=1S/C23H18F3N3O3S/c24-23(25,26)33-19-8-6-18(7-9-19)29-21(30)14-28(22(29)31)13-17-10-11-27-12-20(17)32-15-16-4-2-1-3-5-16/h1-12,14,30H,13,15H2. The van der Waals surface area contributed by atoms with E-state index in [-0.39, 0.29) is 34.8 Å². The van der Waals surface area contributed by atoms with Gasteiger partial charge in [0, 0.05) is 16.7 Å². The number of hydrogen-bond donors (Lipinski definition) is 1. The van der Waals surface area contributed by atoms with E-state index < -0.39 is 11.2 Å². The Morgan fingerprint density at radius 1 is 1.03 bits per heavy atom. The van der Waals surface area contributed by atoms with Gasteiger partial charge in [0.25, 0.3) is 0 Å². The molecule has 0 bridgehead atoms. The van der Waals surface area contributed by atoms with Gasteiger partial charge in [0.2, 0.25) is 5.88 Å². The summed E-state index contributed by atoms with van der Waals surface area (Å²) >= 11 is -0.250. The molecule has 0 aliphatic heterocycles. The molecular formula is C23H18F3N3O3S. The van der Waals surface area contributed by atoms with Crippen LogP contribution in [0, 0.1) is 0 Å². The Morgan fingerprint density at radius 2 is 1.76 bits per heavy atom. The third-order valence-electron chi connectivity index (χ3n) is 4.71. The van der Waals surface area contributed by atoms with Crippen LogP contribution in [0.2, 0.25) is 0 Å². The molecular weight excluding hydrogens is 455 g/mol. The number of aromatic nitrogens is 3. The maximum Gasteiger partial charge on any atom is 0.446 e. The van der Waals surface area contributed by atoms with Crippen LogP contribution in [0.4, 0.5) is 13.2 Å². The number of imidazole rings is 1. The van der Waals surface area contributed by atoms with Gasteiger partial charge in [0.15, 0.2) is 0 Å². The number of thioether (sulfide) groups is 1. The van der Waals surface area contributed by atoms with Crippen LogP contribution in [0.1, 0.15) is 11.1 Å². The highest BCUT2D eigenvalue weighted by Gasteiger charge is 2.29. The summed E-state index contributed by atoms with van der Waals surface area (Å²) in [6.07, 6.45) is 4.39. The van der Waals surface area contributed by atoms with Crippen molar-refractivity contribution < 1.29 is 23.0 Å². The molecule has 6 nitrogen and oxygen atoms in total. The highest BCUT2D eigenvalue weighted by Crippen LogP contribution is 2.37. The SMILES string of the molecule is O=c1n(Cc2ccncc2OCc2ccccc2)cc(O)n1-c1ccc(SC(F)(F)F)cc1. The summed E-state index contributed by atoms with van der Waals surface area (Å²) in [5.41, 5.74) is -3.06. The number of pyridine rings is 1. The van der Waals surface area contributed by atoms with Gasteiger partial charge in [0.1, 0.15) is 12.4 Å². The number of nitrogens with zero attached hydrogens (tertiary/aromatic N) is 3. The molecule has 2 aromatic heterocycles. The van der Waals surface area contributed by atoms with Crippen molar-refractivity contribution in [2.45, 2.75) is 23.6 Å². The fraction of sp³-hybridized carbons (Fsp3) is 0.130. The summed E-state index contributed by atoms with van der Waals surface area (Å²) in [4.78, 5) is 17.0. The van der Waals surface area contributed by atoms with Crippen molar-refractivity contribution in [2.24, 2.45) is 0 Å². The third kappa shape index (κ3) is 5.58. The molecule has 0 fully saturated rings. The minimum atomic E-state index is -4.41. The number of ether oxygens (including phenoxy) is 1. The zero-order valence-corrected chi connectivity index (χ0v) is 17.9. The molecule has 33 heavy (non-hydrogen) atoms. The Bertz CT molecular complexity index is 1290. The summed E-state index contributed by atoms with van der Waals surface area (Å²) in [6, 6.07) is 16.5. The smallest absolute Gasteiger partial charge is 0.446 e. The van der Waals surface area contributed by atoms with Crippen LogP contribution in [0.25, 0.3) is 5.69 Å². The van der Waals surface area contributed by atoms with Crippen LogP contribution < -0.4 is 10.4 Å². The van der Waals surface area contributed by atoms with Crippen molar-refractivity contribution in [1.82, 2.24) is 14.1 Å². The van der Waals surface area contributed by atoms with E-state index in [0.29, 0.717) is 17.9 Å². The maximum absolute atomic E-state index is 12.9. The van der Waals surface area contributed by atoms with Crippen LogP contribution in [-0.2, 0) is 13.2 Å². The fourth-order valence-corrected chi connectivity index (χ4v) is 3.76. The zero-order chi connectivity index (χ0) is 23.4. The van der Waals surface area contributed by atoms with Gasteiger partial charge in [-0.1, -0.05) is 30.3 Å². The molecule has 4 aromatic rings. The third-order valence-corrected chi connectivity index (χ3v) is 5.45. The van der Waals surface area contributed by atoms with Gasteiger partial charge in [-0.2, -0.15) is 13.2 Å². The lowest BCUT2D eigenvalue weighted by Gasteiger charge is -2.11. The molecule has 10 heteroatoms. The van der Waals surface area contributed by atoms with Gasteiger partial charge in [-0.05, 0) is 47.7 Å². The summed E-state index contributed by atoms with van der Waals surface area (Å²) in [6.45, 7) is 0.428. The lowest BCUT2D eigenvalue weighted by atomic mass is 10.2. The second-order valence-corrected chi connectivity index (χ2v) is 8.17. The van der Waals surface area contributed by atoms with Crippen LogP contribution in [0.5, 0.6) is 11.6 Å². The van der Waals surface area contributed by atoms with Crippen molar-refractivity contribution in [2.75, 3.05) is 0 Å². The lowest BCUT2D eigenvalue weighted by Crippen LogP contribution is -2.23. The molecule has 0 aliphatic rings.